The second-order valence-electron chi connectivity index (χ2n) is 3.71. The SMILES string of the molecule is N#Cc1ccc(N)c(N2CC(=O)NC(=O)C2)c1. The zero-order valence-corrected chi connectivity index (χ0v) is 8.93. The highest BCUT2D eigenvalue weighted by molar-refractivity contribution is 6.03. The highest BCUT2D eigenvalue weighted by Gasteiger charge is 2.23. The number of nitriles is 1. The van der Waals surface area contributed by atoms with E-state index in [2.05, 4.69) is 5.32 Å². The first kappa shape index (κ1) is 11.0. The van der Waals surface area contributed by atoms with E-state index < -0.39 is 0 Å². The molecule has 0 atom stereocenters. The van der Waals surface area contributed by atoms with E-state index in [1.807, 2.05) is 6.07 Å². The van der Waals surface area contributed by atoms with E-state index in [0.717, 1.165) is 0 Å². The number of benzene rings is 1. The fourth-order valence-electron chi connectivity index (χ4n) is 1.69. The molecule has 0 saturated carbocycles. The second-order valence-corrected chi connectivity index (χ2v) is 3.71. The van der Waals surface area contributed by atoms with Crippen molar-refractivity contribution in [2.45, 2.75) is 0 Å². The molecule has 1 fully saturated rings. The number of hydrogen-bond acceptors (Lipinski definition) is 5. The summed E-state index contributed by atoms with van der Waals surface area (Å²) in [7, 11) is 0. The average Bonchev–Trinajstić information content (AvgIpc) is 2.28. The number of hydrogen-bond donors (Lipinski definition) is 2. The molecule has 0 unspecified atom stereocenters. The van der Waals surface area contributed by atoms with Gasteiger partial charge in [0.2, 0.25) is 11.8 Å². The summed E-state index contributed by atoms with van der Waals surface area (Å²) in [5, 5.41) is 11.0. The third-order valence-electron chi connectivity index (χ3n) is 2.45. The van der Waals surface area contributed by atoms with Gasteiger partial charge in [-0.15, -0.1) is 0 Å². The summed E-state index contributed by atoms with van der Waals surface area (Å²) in [5.41, 5.74) is 7.18. The molecular weight excluding hydrogens is 220 g/mol. The number of nitrogen functional groups attached to an aromatic ring is 1. The molecule has 1 aromatic rings. The Morgan fingerprint density at radius 3 is 2.53 bits per heavy atom. The lowest BCUT2D eigenvalue weighted by Gasteiger charge is -2.28. The van der Waals surface area contributed by atoms with Gasteiger partial charge in [0.25, 0.3) is 0 Å². The zero-order valence-electron chi connectivity index (χ0n) is 8.93. The molecular formula is C11H10N4O2. The predicted octanol–water partition coefficient (Wildman–Crippen LogP) is -0.397. The molecule has 0 spiro atoms. The summed E-state index contributed by atoms with van der Waals surface area (Å²) >= 11 is 0. The number of carbonyl (C=O) groups is 2. The Morgan fingerprint density at radius 1 is 1.29 bits per heavy atom. The molecule has 17 heavy (non-hydrogen) atoms. The number of piperazine rings is 1. The Bertz CT molecular complexity index is 517. The molecule has 1 heterocycles. The second kappa shape index (κ2) is 4.14. The molecule has 0 radical (unpaired) electrons. The van der Waals surface area contributed by atoms with Crippen molar-refractivity contribution in [3.05, 3.63) is 23.8 Å². The Kier molecular flexibility index (Phi) is 2.66. The van der Waals surface area contributed by atoms with Crippen LogP contribution in [0.5, 0.6) is 0 Å². The van der Waals surface area contributed by atoms with Crippen molar-refractivity contribution in [2.24, 2.45) is 0 Å². The van der Waals surface area contributed by atoms with E-state index in [1.54, 1.807) is 23.1 Å². The molecule has 1 aromatic carbocycles. The van der Waals surface area contributed by atoms with Gasteiger partial charge in [0.1, 0.15) is 0 Å². The lowest BCUT2D eigenvalue weighted by atomic mass is 10.1. The van der Waals surface area contributed by atoms with E-state index in [0.29, 0.717) is 16.9 Å². The Labute approximate surface area is 97.6 Å². The van der Waals surface area contributed by atoms with Crippen LogP contribution in [0, 0.1) is 11.3 Å². The molecule has 0 aromatic heterocycles. The van der Waals surface area contributed by atoms with Crippen molar-refractivity contribution >= 4 is 23.2 Å². The molecule has 0 bridgehead atoms. The minimum Gasteiger partial charge on any atom is -0.397 e. The summed E-state index contributed by atoms with van der Waals surface area (Å²) in [4.78, 5) is 24.0. The number of rotatable bonds is 1. The van der Waals surface area contributed by atoms with Crippen LogP contribution >= 0.6 is 0 Å². The van der Waals surface area contributed by atoms with Gasteiger partial charge in [-0.05, 0) is 18.2 Å². The number of anilines is 2. The fraction of sp³-hybridized carbons (Fsp3) is 0.182. The van der Waals surface area contributed by atoms with E-state index >= 15 is 0 Å². The number of amides is 2. The molecule has 0 aliphatic carbocycles. The summed E-state index contributed by atoms with van der Waals surface area (Å²) in [6, 6.07) is 6.74. The van der Waals surface area contributed by atoms with Crippen LogP contribution in [-0.2, 0) is 9.59 Å². The Morgan fingerprint density at radius 2 is 1.94 bits per heavy atom. The van der Waals surface area contributed by atoms with Gasteiger partial charge >= 0.3 is 0 Å². The highest BCUT2D eigenvalue weighted by atomic mass is 16.2. The fourth-order valence-corrected chi connectivity index (χ4v) is 1.69. The van der Waals surface area contributed by atoms with E-state index in [9.17, 15) is 9.59 Å². The Hall–Kier alpha value is -2.55. The first-order valence-corrected chi connectivity index (χ1v) is 4.97. The van der Waals surface area contributed by atoms with E-state index in [1.165, 1.54) is 0 Å². The summed E-state index contributed by atoms with van der Waals surface area (Å²) in [5.74, 6) is -0.744. The van der Waals surface area contributed by atoms with Crippen LogP contribution in [0.3, 0.4) is 0 Å². The molecule has 1 saturated heterocycles. The van der Waals surface area contributed by atoms with Crippen molar-refractivity contribution in [1.82, 2.24) is 5.32 Å². The molecule has 1 aliphatic rings. The Balaban J connectivity index is 2.36. The predicted molar refractivity (Wildman–Crippen MR) is 60.9 cm³/mol. The third kappa shape index (κ3) is 2.18. The summed E-state index contributed by atoms with van der Waals surface area (Å²) < 4.78 is 0. The standard InChI is InChI=1S/C11H10N4O2/c12-4-7-1-2-8(13)9(3-7)15-5-10(16)14-11(17)6-15/h1-3H,5-6,13H2,(H,14,16,17). The van der Waals surface area contributed by atoms with Crippen LogP contribution in [0.2, 0.25) is 0 Å². The normalized spacial score (nSPS) is 15.4. The number of nitrogens with zero attached hydrogens (tertiary/aromatic N) is 2. The average molecular weight is 230 g/mol. The quantitative estimate of drug-likeness (QED) is 0.505. The topological polar surface area (TPSA) is 99.2 Å². The van der Waals surface area contributed by atoms with Crippen LogP contribution in [0.4, 0.5) is 11.4 Å². The van der Waals surface area contributed by atoms with Gasteiger partial charge in [0, 0.05) is 0 Å². The van der Waals surface area contributed by atoms with Crippen molar-refractivity contribution in [2.75, 3.05) is 23.7 Å². The van der Waals surface area contributed by atoms with Crippen LogP contribution in [-0.4, -0.2) is 24.9 Å². The van der Waals surface area contributed by atoms with Crippen LogP contribution in [0.25, 0.3) is 0 Å². The lowest BCUT2D eigenvalue weighted by molar-refractivity contribution is -0.130. The summed E-state index contributed by atoms with van der Waals surface area (Å²) in [6.07, 6.45) is 0. The summed E-state index contributed by atoms with van der Waals surface area (Å²) in [6.45, 7) is 0.121. The minimum atomic E-state index is -0.372. The maximum Gasteiger partial charge on any atom is 0.246 e. The van der Waals surface area contributed by atoms with Crippen molar-refractivity contribution < 1.29 is 9.59 Å². The molecule has 2 rings (SSSR count). The number of nitrogens with two attached hydrogens (primary N) is 1. The van der Waals surface area contributed by atoms with Crippen LogP contribution < -0.4 is 16.0 Å². The smallest absolute Gasteiger partial charge is 0.246 e. The van der Waals surface area contributed by atoms with Gasteiger partial charge in [0.15, 0.2) is 0 Å². The minimum absolute atomic E-state index is 0.0603. The largest absolute Gasteiger partial charge is 0.397 e. The van der Waals surface area contributed by atoms with Gasteiger partial charge in [-0.2, -0.15) is 5.26 Å². The van der Waals surface area contributed by atoms with Gasteiger partial charge in [-0.1, -0.05) is 0 Å². The van der Waals surface area contributed by atoms with E-state index in [-0.39, 0.29) is 24.9 Å². The molecule has 6 heteroatoms. The van der Waals surface area contributed by atoms with Crippen molar-refractivity contribution in [1.29, 1.82) is 5.26 Å². The first-order valence-electron chi connectivity index (χ1n) is 4.97. The number of imide groups is 1. The van der Waals surface area contributed by atoms with Gasteiger partial charge < -0.3 is 10.6 Å². The third-order valence-corrected chi connectivity index (χ3v) is 2.45. The molecule has 3 N–H and O–H groups in total. The van der Waals surface area contributed by atoms with Crippen molar-refractivity contribution in [3.8, 4) is 6.07 Å². The first-order chi connectivity index (χ1) is 8.10. The van der Waals surface area contributed by atoms with Crippen LogP contribution in [0.1, 0.15) is 5.56 Å². The van der Waals surface area contributed by atoms with Gasteiger partial charge in [0.05, 0.1) is 36.1 Å². The maximum absolute atomic E-state index is 11.2. The monoisotopic (exact) mass is 230 g/mol. The zero-order chi connectivity index (χ0) is 12.4. The number of carbonyl (C=O) groups excluding carboxylic acids is 2. The maximum atomic E-state index is 11.2. The van der Waals surface area contributed by atoms with E-state index in [4.69, 9.17) is 11.0 Å². The van der Waals surface area contributed by atoms with Gasteiger partial charge in [-0.3, -0.25) is 14.9 Å². The molecule has 1 aliphatic heterocycles. The highest BCUT2D eigenvalue weighted by Crippen LogP contribution is 2.24. The number of nitrogens with one attached hydrogen (secondary N) is 1. The molecule has 6 nitrogen and oxygen atoms in total. The van der Waals surface area contributed by atoms with Gasteiger partial charge in [-0.25, -0.2) is 0 Å². The molecule has 2 amide bonds. The molecule has 86 valence electrons. The lowest BCUT2D eigenvalue weighted by Crippen LogP contribution is -2.51. The van der Waals surface area contributed by atoms with Crippen LogP contribution in [0.15, 0.2) is 18.2 Å². The van der Waals surface area contributed by atoms with Crippen molar-refractivity contribution in [3.63, 3.8) is 0 Å².